The van der Waals surface area contributed by atoms with E-state index in [9.17, 15) is 4.79 Å². The van der Waals surface area contributed by atoms with Crippen LogP contribution in [-0.2, 0) is 6.61 Å². The maximum Gasteiger partial charge on any atom is 0.339 e. The van der Waals surface area contributed by atoms with Gasteiger partial charge in [0.25, 0.3) is 0 Å². The summed E-state index contributed by atoms with van der Waals surface area (Å²) >= 11 is 0. The number of furan rings is 1. The molecule has 0 saturated heterocycles. The highest BCUT2D eigenvalue weighted by Crippen LogP contribution is 2.09. The molecule has 0 aliphatic heterocycles. The van der Waals surface area contributed by atoms with Gasteiger partial charge in [-0.3, -0.25) is 0 Å². The molecule has 0 aliphatic rings. The first-order valence-corrected chi connectivity index (χ1v) is 2.65. The van der Waals surface area contributed by atoms with E-state index in [1.54, 1.807) is 0 Å². The Kier molecular flexibility index (Phi) is 1.73. The highest BCUT2D eigenvalue weighted by Gasteiger charge is 2.10. The molecular weight excluding hydrogens is 136 g/mol. The molecule has 0 unspecified atom stereocenters. The Labute approximate surface area is 56.7 Å². The highest BCUT2D eigenvalue weighted by molar-refractivity contribution is 5.88. The maximum atomic E-state index is 10.3. The number of rotatable bonds is 2. The van der Waals surface area contributed by atoms with Crippen LogP contribution in [0.3, 0.4) is 0 Å². The minimum atomic E-state index is -1.09. The number of hydrogen-bond acceptors (Lipinski definition) is 3. The summed E-state index contributed by atoms with van der Waals surface area (Å²) in [4.78, 5) is 10.3. The Morgan fingerprint density at radius 3 is 2.70 bits per heavy atom. The molecule has 4 nitrogen and oxygen atoms in total. The number of carbonyl (C=O) groups is 1. The van der Waals surface area contributed by atoms with Crippen molar-refractivity contribution in [3.8, 4) is 0 Å². The predicted octanol–water partition coefficient (Wildman–Crippen LogP) is 0.470. The van der Waals surface area contributed by atoms with Crippen LogP contribution < -0.4 is 0 Å². The zero-order chi connectivity index (χ0) is 7.56. The lowest BCUT2D eigenvalue weighted by Gasteiger charge is -1.89. The Balaban J connectivity index is 3.01. The predicted molar refractivity (Wildman–Crippen MR) is 31.6 cm³/mol. The molecule has 10 heavy (non-hydrogen) atoms. The van der Waals surface area contributed by atoms with E-state index >= 15 is 0 Å². The van der Waals surface area contributed by atoms with Gasteiger partial charge < -0.3 is 14.6 Å². The molecule has 0 fully saturated rings. The second-order valence-corrected chi connectivity index (χ2v) is 1.77. The van der Waals surface area contributed by atoms with E-state index in [-0.39, 0.29) is 12.2 Å². The van der Waals surface area contributed by atoms with E-state index in [1.165, 1.54) is 6.26 Å². The van der Waals surface area contributed by atoms with Crippen LogP contribution in [0.25, 0.3) is 0 Å². The standard InChI is InChI=1S/C6H6O4/c7-1-4-2-10-3-5(4)6(8)9/h2-3,7H,1H2,(H,8,9). The van der Waals surface area contributed by atoms with Crippen LogP contribution in [0.1, 0.15) is 15.9 Å². The smallest absolute Gasteiger partial charge is 0.339 e. The molecular formula is C6H6O4. The van der Waals surface area contributed by atoms with Crippen LogP contribution in [-0.4, -0.2) is 16.2 Å². The van der Waals surface area contributed by atoms with Crippen molar-refractivity contribution < 1.29 is 19.4 Å². The molecule has 0 amide bonds. The van der Waals surface area contributed by atoms with Crippen molar-refractivity contribution in [1.29, 1.82) is 0 Å². The van der Waals surface area contributed by atoms with Crippen LogP contribution in [0.15, 0.2) is 16.9 Å². The molecule has 0 bridgehead atoms. The second kappa shape index (κ2) is 2.53. The summed E-state index contributed by atoms with van der Waals surface area (Å²) in [5.41, 5.74) is 0.315. The molecule has 54 valence electrons. The topological polar surface area (TPSA) is 70.7 Å². The van der Waals surface area contributed by atoms with Crippen molar-refractivity contribution in [3.63, 3.8) is 0 Å². The van der Waals surface area contributed by atoms with Crippen LogP contribution in [0.5, 0.6) is 0 Å². The Bertz CT molecular complexity index is 238. The van der Waals surface area contributed by atoms with Crippen molar-refractivity contribution in [3.05, 3.63) is 23.7 Å². The molecule has 0 aromatic carbocycles. The molecule has 0 atom stereocenters. The molecule has 0 radical (unpaired) electrons. The summed E-state index contributed by atoms with van der Waals surface area (Å²) < 4.78 is 4.56. The molecule has 4 heteroatoms. The third-order valence-electron chi connectivity index (χ3n) is 1.14. The van der Waals surface area contributed by atoms with E-state index in [4.69, 9.17) is 10.2 Å². The summed E-state index contributed by atoms with van der Waals surface area (Å²) in [6.07, 6.45) is 2.30. The van der Waals surface area contributed by atoms with Gasteiger partial charge in [0.1, 0.15) is 11.8 Å². The number of aromatic carboxylic acids is 1. The van der Waals surface area contributed by atoms with Gasteiger partial charge in [-0.05, 0) is 0 Å². The zero-order valence-corrected chi connectivity index (χ0v) is 5.07. The van der Waals surface area contributed by atoms with E-state index in [2.05, 4.69) is 4.42 Å². The SMILES string of the molecule is O=C(O)c1cocc1CO. The Hall–Kier alpha value is -1.29. The van der Waals surface area contributed by atoms with Crippen molar-refractivity contribution in [2.45, 2.75) is 6.61 Å². The van der Waals surface area contributed by atoms with Crippen LogP contribution in [0.4, 0.5) is 0 Å². The second-order valence-electron chi connectivity index (χ2n) is 1.77. The third-order valence-corrected chi connectivity index (χ3v) is 1.14. The lowest BCUT2D eigenvalue weighted by atomic mass is 10.2. The number of hydrogen-bond donors (Lipinski definition) is 2. The molecule has 0 spiro atoms. The van der Waals surface area contributed by atoms with Crippen LogP contribution >= 0.6 is 0 Å². The van der Waals surface area contributed by atoms with Crippen molar-refractivity contribution in [2.75, 3.05) is 0 Å². The Morgan fingerprint density at radius 1 is 1.60 bits per heavy atom. The molecule has 1 aromatic rings. The summed E-state index contributed by atoms with van der Waals surface area (Å²) in [6, 6.07) is 0. The average molecular weight is 142 g/mol. The van der Waals surface area contributed by atoms with E-state index in [0.717, 1.165) is 6.26 Å². The fourth-order valence-corrected chi connectivity index (χ4v) is 0.634. The molecule has 0 saturated carbocycles. The molecule has 0 aliphatic carbocycles. The summed E-state index contributed by atoms with van der Waals surface area (Å²) in [5.74, 6) is -1.09. The maximum absolute atomic E-state index is 10.3. The van der Waals surface area contributed by atoms with Gasteiger partial charge in [-0.25, -0.2) is 4.79 Å². The van der Waals surface area contributed by atoms with Gasteiger partial charge in [0, 0.05) is 5.56 Å². The first kappa shape index (κ1) is 6.82. The quantitative estimate of drug-likeness (QED) is 0.629. The Morgan fingerprint density at radius 2 is 2.30 bits per heavy atom. The van der Waals surface area contributed by atoms with E-state index < -0.39 is 5.97 Å². The van der Waals surface area contributed by atoms with Crippen LogP contribution in [0.2, 0.25) is 0 Å². The van der Waals surface area contributed by atoms with Crippen molar-refractivity contribution >= 4 is 5.97 Å². The van der Waals surface area contributed by atoms with E-state index in [1.807, 2.05) is 0 Å². The number of carboxylic acids is 1. The van der Waals surface area contributed by atoms with Gasteiger partial charge in [-0.15, -0.1) is 0 Å². The summed E-state index contributed by atoms with van der Waals surface area (Å²) in [5, 5.41) is 16.9. The minimum absolute atomic E-state index is 0.0162. The monoisotopic (exact) mass is 142 g/mol. The zero-order valence-electron chi connectivity index (χ0n) is 5.07. The number of carboxylic acid groups (broad SMARTS) is 1. The first-order chi connectivity index (χ1) is 4.75. The van der Waals surface area contributed by atoms with Gasteiger partial charge >= 0.3 is 5.97 Å². The van der Waals surface area contributed by atoms with Gasteiger partial charge in [-0.2, -0.15) is 0 Å². The molecule has 1 aromatic heterocycles. The highest BCUT2D eigenvalue weighted by atomic mass is 16.4. The molecule has 2 N–H and O–H groups in total. The fraction of sp³-hybridized carbons (Fsp3) is 0.167. The van der Waals surface area contributed by atoms with Crippen LogP contribution in [0, 0.1) is 0 Å². The normalized spacial score (nSPS) is 9.70. The van der Waals surface area contributed by atoms with Crippen molar-refractivity contribution in [1.82, 2.24) is 0 Å². The lowest BCUT2D eigenvalue weighted by Crippen LogP contribution is -1.97. The summed E-state index contributed by atoms with van der Waals surface area (Å²) in [6.45, 7) is -0.307. The largest absolute Gasteiger partial charge is 0.478 e. The average Bonchev–Trinajstić information content (AvgIpc) is 2.33. The third kappa shape index (κ3) is 1.01. The van der Waals surface area contributed by atoms with Gasteiger partial charge in [0.05, 0.1) is 12.9 Å². The molecule has 1 heterocycles. The minimum Gasteiger partial charge on any atom is -0.478 e. The van der Waals surface area contributed by atoms with Gasteiger partial charge in [0.15, 0.2) is 0 Å². The summed E-state index contributed by atoms with van der Waals surface area (Å²) in [7, 11) is 0. The fourth-order valence-electron chi connectivity index (χ4n) is 0.634. The van der Waals surface area contributed by atoms with Crippen molar-refractivity contribution in [2.24, 2.45) is 0 Å². The molecule has 1 rings (SSSR count). The van der Waals surface area contributed by atoms with Gasteiger partial charge in [-0.1, -0.05) is 0 Å². The number of aliphatic hydroxyl groups is 1. The first-order valence-electron chi connectivity index (χ1n) is 2.65. The van der Waals surface area contributed by atoms with E-state index in [0.29, 0.717) is 5.56 Å². The lowest BCUT2D eigenvalue weighted by molar-refractivity contribution is 0.0693. The number of aliphatic hydroxyl groups excluding tert-OH is 1. The van der Waals surface area contributed by atoms with Gasteiger partial charge in [0.2, 0.25) is 0 Å².